The van der Waals surface area contributed by atoms with Gasteiger partial charge in [0.05, 0.1) is 19.1 Å². The first-order chi connectivity index (χ1) is 13.0. The number of hydrogen-bond donors (Lipinski definition) is 0. The number of rotatable bonds is 7. The Bertz CT molecular complexity index is 767. The summed E-state index contributed by atoms with van der Waals surface area (Å²) >= 11 is 0. The molecule has 0 N–H and O–H groups in total. The summed E-state index contributed by atoms with van der Waals surface area (Å²) < 4.78 is 31.6. The van der Waals surface area contributed by atoms with Gasteiger partial charge in [0.25, 0.3) is 0 Å². The van der Waals surface area contributed by atoms with Crippen LogP contribution in [0.4, 0.5) is 5.69 Å². The molecule has 1 aliphatic heterocycles. The second kappa shape index (κ2) is 10.4. The van der Waals surface area contributed by atoms with Crippen LogP contribution >= 0.6 is 0 Å². The lowest BCUT2D eigenvalue weighted by Gasteiger charge is -2.34. The average molecular weight is 392 g/mol. The molecule has 0 radical (unpaired) electrons. The number of anilines is 1. The van der Waals surface area contributed by atoms with Crippen LogP contribution in [0.25, 0.3) is 0 Å². The summed E-state index contributed by atoms with van der Waals surface area (Å²) in [4.78, 5) is 4.35. The number of methoxy groups -OCH3 is 1. The summed E-state index contributed by atoms with van der Waals surface area (Å²) in [6.45, 7) is 8.93. The minimum absolute atomic E-state index is 0.464. The highest BCUT2D eigenvalue weighted by Crippen LogP contribution is 2.21. The Morgan fingerprint density at radius 2 is 1.74 bits per heavy atom. The van der Waals surface area contributed by atoms with Gasteiger partial charge in [0.15, 0.2) is 0 Å². The standard InChI is InChI=1S/C20H29N3O3S/c1-4-21(5-2)13-7-6-8-18-27(24,25)23-16-14-22(15-17-23)19-9-11-20(26-3)12-10-19/h8-12,18H,4-5,13-17H2,1-3H3. The van der Waals surface area contributed by atoms with E-state index in [0.29, 0.717) is 32.7 Å². The molecule has 6 nitrogen and oxygen atoms in total. The maximum Gasteiger partial charge on any atom is 0.236 e. The maximum absolute atomic E-state index is 12.4. The van der Waals surface area contributed by atoms with E-state index in [4.69, 9.17) is 4.74 Å². The molecule has 0 aromatic heterocycles. The lowest BCUT2D eigenvalue weighted by atomic mass is 10.2. The van der Waals surface area contributed by atoms with E-state index in [1.54, 1.807) is 7.11 Å². The lowest BCUT2D eigenvalue weighted by molar-refractivity contribution is 0.342. The van der Waals surface area contributed by atoms with Crippen molar-refractivity contribution in [3.63, 3.8) is 0 Å². The quantitative estimate of drug-likeness (QED) is 0.666. The molecule has 1 heterocycles. The van der Waals surface area contributed by atoms with Gasteiger partial charge in [-0.1, -0.05) is 25.7 Å². The van der Waals surface area contributed by atoms with Crippen molar-refractivity contribution >= 4 is 15.7 Å². The molecule has 0 saturated carbocycles. The molecule has 0 bridgehead atoms. The predicted molar refractivity (Wildman–Crippen MR) is 110 cm³/mol. The Balaban J connectivity index is 1.88. The molecule has 1 aliphatic rings. The van der Waals surface area contributed by atoms with Crippen LogP contribution in [0, 0.1) is 11.8 Å². The van der Waals surface area contributed by atoms with E-state index in [0.717, 1.165) is 24.5 Å². The molecule has 27 heavy (non-hydrogen) atoms. The first-order valence-corrected chi connectivity index (χ1v) is 10.8. The fourth-order valence-electron chi connectivity index (χ4n) is 2.86. The molecule has 148 valence electrons. The van der Waals surface area contributed by atoms with Crippen molar-refractivity contribution in [2.45, 2.75) is 13.8 Å². The topological polar surface area (TPSA) is 53.1 Å². The van der Waals surface area contributed by atoms with E-state index in [2.05, 4.69) is 35.5 Å². The van der Waals surface area contributed by atoms with Gasteiger partial charge in [-0.15, -0.1) is 0 Å². The van der Waals surface area contributed by atoms with Crippen molar-refractivity contribution in [1.29, 1.82) is 0 Å². The van der Waals surface area contributed by atoms with Gasteiger partial charge in [0.1, 0.15) is 5.75 Å². The van der Waals surface area contributed by atoms with Gasteiger partial charge in [-0.05, 0) is 37.4 Å². The molecule has 7 heteroatoms. The van der Waals surface area contributed by atoms with Crippen LogP contribution in [0.2, 0.25) is 0 Å². The molecule has 0 unspecified atom stereocenters. The van der Waals surface area contributed by atoms with Crippen molar-refractivity contribution in [3.05, 3.63) is 35.7 Å². The SMILES string of the molecule is CCN(CC)CC#CC=CS(=O)(=O)N1CCN(c2ccc(OC)cc2)CC1. The van der Waals surface area contributed by atoms with E-state index in [9.17, 15) is 8.42 Å². The predicted octanol–water partition coefficient (Wildman–Crippen LogP) is 2.01. The molecule has 0 amide bonds. The Morgan fingerprint density at radius 3 is 2.30 bits per heavy atom. The summed E-state index contributed by atoms with van der Waals surface area (Å²) in [6.07, 6.45) is 1.44. The van der Waals surface area contributed by atoms with Crippen LogP contribution in [-0.4, -0.2) is 70.5 Å². The number of sulfonamides is 1. The third kappa shape index (κ3) is 6.28. The first kappa shape index (κ1) is 21.3. The van der Waals surface area contributed by atoms with Gasteiger partial charge in [0, 0.05) is 37.9 Å². The van der Waals surface area contributed by atoms with Gasteiger partial charge in [-0.2, -0.15) is 4.31 Å². The van der Waals surface area contributed by atoms with Crippen LogP contribution in [0.5, 0.6) is 5.75 Å². The zero-order chi connectivity index (χ0) is 19.7. The zero-order valence-corrected chi connectivity index (χ0v) is 17.2. The Labute approximate surface area is 163 Å². The summed E-state index contributed by atoms with van der Waals surface area (Å²) in [6, 6.07) is 7.82. The van der Waals surface area contributed by atoms with Gasteiger partial charge >= 0.3 is 0 Å². The fourth-order valence-corrected chi connectivity index (χ4v) is 3.95. The van der Waals surface area contributed by atoms with Gasteiger partial charge in [0.2, 0.25) is 10.0 Å². The van der Waals surface area contributed by atoms with E-state index >= 15 is 0 Å². The molecule has 2 rings (SSSR count). The summed E-state index contributed by atoms with van der Waals surface area (Å²) in [7, 11) is -1.78. The van der Waals surface area contributed by atoms with Crippen LogP contribution in [-0.2, 0) is 10.0 Å². The number of hydrogen-bond acceptors (Lipinski definition) is 5. The van der Waals surface area contributed by atoms with E-state index in [-0.39, 0.29) is 0 Å². The maximum atomic E-state index is 12.4. The molecule has 1 aromatic carbocycles. The van der Waals surface area contributed by atoms with Crippen molar-refractivity contribution < 1.29 is 13.2 Å². The van der Waals surface area contributed by atoms with Crippen molar-refractivity contribution in [2.24, 2.45) is 0 Å². The monoisotopic (exact) mass is 391 g/mol. The van der Waals surface area contributed by atoms with Crippen LogP contribution < -0.4 is 9.64 Å². The number of allylic oxidation sites excluding steroid dienone is 1. The minimum Gasteiger partial charge on any atom is -0.497 e. The highest BCUT2D eigenvalue weighted by atomic mass is 32.2. The highest BCUT2D eigenvalue weighted by Gasteiger charge is 2.25. The number of piperazine rings is 1. The number of benzene rings is 1. The lowest BCUT2D eigenvalue weighted by Crippen LogP contribution is -2.48. The molecular weight excluding hydrogens is 362 g/mol. The Hall–Kier alpha value is -2.01. The summed E-state index contributed by atoms with van der Waals surface area (Å²) in [5.74, 6) is 6.63. The van der Waals surface area contributed by atoms with Gasteiger partial charge < -0.3 is 9.64 Å². The van der Waals surface area contributed by atoms with E-state index in [1.807, 2.05) is 24.3 Å². The summed E-state index contributed by atoms with van der Waals surface area (Å²) in [5, 5.41) is 1.21. The van der Waals surface area contributed by atoms with E-state index < -0.39 is 10.0 Å². The van der Waals surface area contributed by atoms with Crippen molar-refractivity contribution in [1.82, 2.24) is 9.21 Å². The molecular formula is C20H29N3O3S. The van der Waals surface area contributed by atoms with Crippen molar-refractivity contribution in [3.8, 4) is 17.6 Å². The first-order valence-electron chi connectivity index (χ1n) is 9.26. The van der Waals surface area contributed by atoms with Crippen LogP contribution in [0.1, 0.15) is 13.8 Å². The minimum atomic E-state index is -3.42. The normalized spacial score (nSPS) is 15.8. The molecule has 1 saturated heterocycles. The third-order valence-corrected chi connectivity index (χ3v) is 6.22. The van der Waals surface area contributed by atoms with E-state index in [1.165, 1.54) is 15.8 Å². The number of ether oxygens (including phenoxy) is 1. The van der Waals surface area contributed by atoms with Crippen LogP contribution in [0.15, 0.2) is 35.7 Å². The van der Waals surface area contributed by atoms with Crippen LogP contribution in [0.3, 0.4) is 0 Å². The smallest absolute Gasteiger partial charge is 0.236 e. The molecule has 0 aliphatic carbocycles. The Kier molecular flexibility index (Phi) is 8.17. The zero-order valence-electron chi connectivity index (χ0n) is 16.4. The molecule has 0 atom stereocenters. The van der Waals surface area contributed by atoms with Crippen molar-refractivity contribution in [2.75, 3.05) is 57.8 Å². The molecule has 1 fully saturated rings. The largest absolute Gasteiger partial charge is 0.497 e. The fraction of sp³-hybridized carbons (Fsp3) is 0.500. The third-order valence-electron chi connectivity index (χ3n) is 4.66. The van der Waals surface area contributed by atoms with Gasteiger partial charge in [-0.3, -0.25) is 4.90 Å². The second-order valence-corrected chi connectivity index (χ2v) is 8.03. The summed E-state index contributed by atoms with van der Waals surface area (Å²) in [5.41, 5.74) is 1.07. The molecule has 1 aromatic rings. The Morgan fingerprint density at radius 1 is 1.11 bits per heavy atom. The average Bonchev–Trinajstić information content (AvgIpc) is 2.71. The van der Waals surface area contributed by atoms with Gasteiger partial charge in [-0.25, -0.2) is 8.42 Å². The number of nitrogens with zero attached hydrogens (tertiary/aromatic N) is 3. The second-order valence-electron chi connectivity index (χ2n) is 6.21. The molecule has 0 spiro atoms. The highest BCUT2D eigenvalue weighted by molar-refractivity contribution is 7.92.